The molecule has 0 saturated heterocycles. The maximum absolute atomic E-state index is 12.9. The van der Waals surface area contributed by atoms with E-state index in [0.29, 0.717) is 12.2 Å². The summed E-state index contributed by atoms with van der Waals surface area (Å²) in [6, 6.07) is 7.16. The molecule has 1 N–H and O–H groups in total. The van der Waals surface area contributed by atoms with Crippen LogP contribution >= 0.6 is 0 Å². The predicted octanol–water partition coefficient (Wildman–Crippen LogP) is 2.55. The average molecular weight is 364 g/mol. The van der Waals surface area contributed by atoms with Crippen LogP contribution in [0.5, 0.6) is 0 Å². The van der Waals surface area contributed by atoms with Gasteiger partial charge in [0, 0.05) is 5.69 Å². The first-order chi connectivity index (χ1) is 12.4. The summed E-state index contributed by atoms with van der Waals surface area (Å²) in [4.78, 5) is 16.0. The SMILES string of the molecule is Cc1cc(C(F)F)nn1CC(=O)Nc1ncn(Cc2ccc(F)cc2)n1. The number of aryl methyl sites for hydroxylation is 1. The van der Waals surface area contributed by atoms with Crippen LogP contribution in [0.1, 0.15) is 23.4 Å². The van der Waals surface area contributed by atoms with Crippen molar-refractivity contribution in [2.24, 2.45) is 0 Å². The number of hydrogen-bond acceptors (Lipinski definition) is 4. The van der Waals surface area contributed by atoms with Crippen molar-refractivity contribution in [3.05, 3.63) is 59.4 Å². The zero-order valence-electron chi connectivity index (χ0n) is 13.7. The highest BCUT2D eigenvalue weighted by Gasteiger charge is 2.15. The van der Waals surface area contributed by atoms with Crippen molar-refractivity contribution >= 4 is 11.9 Å². The first-order valence-corrected chi connectivity index (χ1v) is 7.67. The Hall–Kier alpha value is -3.17. The number of carbonyl (C=O) groups is 1. The van der Waals surface area contributed by atoms with Crippen LogP contribution in [-0.4, -0.2) is 30.5 Å². The molecular weight excluding hydrogens is 349 g/mol. The van der Waals surface area contributed by atoms with Crippen LogP contribution in [0.3, 0.4) is 0 Å². The maximum atomic E-state index is 12.9. The summed E-state index contributed by atoms with van der Waals surface area (Å²) in [5.41, 5.74) is 0.892. The smallest absolute Gasteiger partial charge is 0.282 e. The maximum Gasteiger partial charge on any atom is 0.282 e. The van der Waals surface area contributed by atoms with Crippen molar-refractivity contribution < 1.29 is 18.0 Å². The minimum Gasteiger partial charge on any atom is -0.292 e. The lowest BCUT2D eigenvalue weighted by atomic mass is 10.2. The van der Waals surface area contributed by atoms with Gasteiger partial charge in [-0.15, -0.1) is 5.10 Å². The van der Waals surface area contributed by atoms with Gasteiger partial charge in [0.25, 0.3) is 6.43 Å². The zero-order chi connectivity index (χ0) is 18.7. The fraction of sp³-hybridized carbons (Fsp3) is 0.250. The minimum absolute atomic E-state index is 0.0796. The molecule has 0 bridgehead atoms. The van der Waals surface area contributed by atoms with Gasteiger partial charge < -0.3 is 0 Å². The van der Waals surface area contributed by atoms with Crippen LogP contribution in [0.2, 0.25) is 0 Å². The zero-order valence-corrected chi connectivity index (χ0v) is 13.7. The third-order valence-electron chi connectivity index (χ3n) is 3.56. The number of rotatable bonds is 6. The molecule has 0 fully saturated rings. The average Bonchev–Trinajstić information content (AvgIpc) is 3.17. The van der Waals surface area contributed by atoms with Crippen LogP contribution in [0.25, 0.3) is 0 Å². The van der Waals surface area contributed by atoms with Gasteiger partial charge in [0.2, 0.25) is 11.9 Å². The molecule has 1 aromatic carbocycles. The number of benzene rings is 1. The second-order valence-corrected chi connectivity index (χ2v) is 5.61. The summed E-state index contributed by atoms with van der Waals surface area (Å²) < 4.78 is 40.8. The highest BCUT2D eigenvalue weighted by molar-refractivity contribution is 5.88. The monoisotopic (exact) mass is 364 g/mol. The molecular formula is C16H15F3N6O. The molecule has 0 spiro atoms. The van der Waals surface area contributed by atoms with Crippen LogP contribution < -0.4 is 5.32 Å². The van der Waals surface area contributed by atoms with Crippen molar-refractivity contribution in [2.75, 3.05) is 5.32 Å². The molecule has 0 aliphatic rings. The Bertz CT molecular complexity index is 903. The normalized spacial score (nSPS) is 11.1. The molecule has 1 amide bonds. The van der Waals surface area contributed by atoms with E-state index in [0.717, 1.165) is 5.56 Å². The second kappa shape index (κ2) is 7.38. The van der Waals surface area contributed by atoms with Crippen LogP contribution in [-0.2, 0) is 17.9 Å². The largest absolute Gasteiger partial charge is 0.292 e. The molecule has 3 aromatic rings. The standard InChI is InChI=1S/C16H15F3N6O/c1-10-6-13(15(18)19)22-25(10)8-14(26)21-16-20-9-24(23-16)7-11-2-4-12(17)5-3-11/h2-6,9,15H,7-8H2,1H3,(H,21,23,26). The molecule has 136 valence electrons. The topological polar surface area (TPSA) is 77.6 Å². The Kier molecular flexibility index (Phi) is 5.01. The molecule has 2 aromatic heterocycles. The molecule has 0 atom stereocenters. The minimum atomic E-state index is -2.69. The van der Waals surface area contributed by atoms with Gasteiger partial charge in [-0.2, -0.15) is 5.10 Å². The fourth-order valence-corrected chi connectivity index (χ4v) is 2.31. The summed E-state index contributed by atoms with van der Waals surface area (Å²) in [5, 5.41) is 10.3. The second-order valence-electron chi connectivity index (χ2n) is 5.61. The number of aromatic nitrogens is 5. The lowest BCUT2D eigenvalue weighted by Crippen LogP contribution is -2.21. The Morgan fingerprint density at radius 2 is 1.96 bits per heavy atom. The molecule has 0 aliphatic heterocycles. The lowest BCUT2D eigenvalue weighted by molar-refractivity contribution is -0.117. The molecule has 0 radical (unpaired) electrons. The summed E-state index contributed by atoms with van der Waals surface area (Å²) in [5.74, 6) is -0.739. The van der Waals surface area contributed by atoms with Crippen LogP contribution in [0.4, 0.5) is 19.1 Å². The first kappa shape index (κ1) is 17.6. The third kappa shape index (κ3) is 4.26. The number of anilines is 1. The number of carbonyl (C=O) groups excluding carboxylic acids is 1. The summed E-state index contributed by atoms with van der Waals surface area (Å²) in [6.07, 6.45) is -1.27. The number of halogens is 3. The molecule has 0 aliphatic carbocycles. The Labute approximate surface area is 146 Å². The molecule has 0 unspecified atom stereocenters. The molecule has 0 saturated carbocycles. The lowest BCUT2D eigenvalue weighted by Gasteiger charge is -2.04. The van der Waals surface area contributed by atoms with Crippen molar-refractivity contribution in [3.63, 3.8) is 0 Å². The van der Waals surface area contributed by atoms with E-state index in [4.69, 9.17) is 0 Å². The van der Waals surface area contributed by atoms with E-state index in [9.17, 15) is 18.0 Å². The van der Waals surface area contributed by atoms with Gasteiger partial charge in [0.05, 0.1) is 6.54 Å². The van der Waals surface area contributed by atoms with Gasteiger partial charge >= 0.3 is 0 Å². The Morgan fingerprint density at radius 3 is 2.62 bits per heavy atom. The van der Waals surface area contributed by atoms with Crippen LogP contribution in [0.15, 0.2) is 36.7 Å². The highest BCUT2D eigenvalue weighted by atomic mass is 19.3. The highest BCUT2D eigenvalue weighted by Crippen LogP contribution is 2.17. The number of nitrogens with zero attached hydrogens (tertiary/aromatic N) is 5. The fourth-order valence-electron chi connectivity index (χ4n) is 2.31. The van der Waals surface area contributed by atoms with Gasteiger partial charge in [-0.3, -0.25) is 14.8 Å². The predicted molar refractivity (Wildman–Crippen MR) is 86.1 cm³/mol. The van der Waals surface area contributed by atoms with Gasteiger partial charge in [0.15, 0.2) is 0 Å². The molecule has 7 nitrogen and oxygen atoms in total. The van der Waals surface area contributed by atoms with E-state index in [1.54, 1.807) is 19.1 Å². The van der Waals surface area contributed by atoms with Gasteiger partial charge in [-0.25, -0.2) is 22.8 Å². The number of alkyl halides is 2. The summed E-state index contributed by atoms with van der Waals surface area (Å²) >= 11 is 0. The summed E-state index contributed by atoms with van der Waals surface area (Å²) in [6.45, 7) is 1.71. The van der Waals surface area contributed by atoms with E-state index in [-0.39, 0.29) is 24.0 Å². The molecule has 10 heteroatoms. The quantitative estimate of drug-likeness (QED) is 0.729. The van der Waals surface area contributed by atoms with Gasteiger partial charge in [-0.1, -0.05) is 12.1 Å². The van der Waals surface area contributed by atoms with Crippen molar-refractivity contribution in [1.82, 2.24) is 24.5 Å². The van der Waals surface area contributed by atoms with Crippen molar-refractivity contribution in [1.29, 1.82) is 0 Å². The van der Waals surface area contributed by atoms with E-state index < -0.39 is 12.3 Å². The number of hydrogen-bond donors (Lipinski definition) is 1. The molecule has 3 rings (SSSR count). The van der Waals surface area contributed by atoms with E-state index in [1.807, 2.05) is 0 Å². The van der Waals surface area contributed by atoms with Crippen molar-refractivity contribution in [3.8, 4) is 0 Å². The van der Waals surface area contributed by atoms with E-state index >= 15 is 0 Å². The third-order valence-corrected chi connectivity index (χ3v) is 3.56. The number of amides is 1. The molecule has 2 heterocycles. The van der Waals surface area contributed by atoms with Crippen LogP contribution in [0, 0.1) is 12.7 Å². The van der Waals surface area contributed by atoms with Gasteiger partial charge in [0.1, 0.15) is 24.4 Å². The summed E-state index contributed by atoms with van der Waals surface area (Å²) in [7, 11) is 0. The van der Waals surface area contributed by atoms with Crippen molar-refractivity contribution in [2.45, 2.75) is 26.4 Å². The molecule has 26 heavy (non-hydrogen) atoms. The van der Waals surface area contributed by atoms with Gasteiger partial charge in [-0.05, 0) is 30.7 Å². The Balaban J connectivity index is 1.60. The first-order valence-electron chi connectivity index (χ1n) is 7.67. The van der Waals surface area contributed by atoms with E-state index in [1.165, 1.54) is 33.9 Å². The van der Waals surface area contributed by atoms with E-state index in [2.05, 4.69) is 20.5 Å². The number of nitrogens with one attached hydrogen (secondary N) is 1. The Morgan fingerprint density at radius 1 is 1.23 bits per heavy atom.